The van der Waals surface area contributed by atoms with Gasteiger partial charge in [-0.2, -0.15) is 0 Å². The van der Waals surface area contributed by atoms with Crippen molar-refractivity contribution < 1.29 is 9.13 Å². The summed E-state index contributed by atoms with van der Waals surface area (Å²) in [6, 6.07) is 3.98. The Morgan fingerprint density at radius 3 is 2.65 bits per heavy atom. The van der Waals surface area contributed by atoms with E-state index in [0.717, 1.165) is 18.7 Å². The molecule has 1 spiro atoms. The van der Waals surface area contributed by atoms with Gasteiger partial charge in [-0.25, -0.2) is 4.39 Å². The predicted octanol–water partition coefficient (Wildman–Crippen LogP) is 4.25. The number of hydrogen-bond acceptors (Lipinski definition) is 3. The van der Waals surface area contributed by atoms with Gasteiger partial charge in [0.05, 0.1) is 24.0 Å². The molecule has 3 nitrogen and oxygen atoms in total. The Hall–Kier alpha value is -1.00. The second-order valence-electron chi connectivity index (χ2n) is 7.46. The lowest BCUT2D eigenvalue weighted by molar-refractivity contribution is -0.133. The average molecular weight is 320 g/mol. The van der Waals surface area contributed by atoms with Crippen molar-refractivity contribution in [3.05, 3.63) is 29.8 Å². The number of nitrogens with zero attached hydrogens (tertiary/aromatic N) is 1. The Bertz CT molecular complexity index is 511. The maximum absolute atomic E-state index is 13.2. The summed E-state index contributed by atoms with van der Waals surface area (Å²) in [4.78, 5) is 4.31. The smallest absolute Gasteiger partial charge is 0.141 e. The van der Waals surface area contributed by atoms with E-state index in [9.17, 15) is 4.39 Å². The summed E-state index contributed by atoms with van der Waals surface area (Å²) in [5.41, 5.74) is 1.25. The van der Waals surface area contributed by atoms with Crippen LogP contribution >= 0.6 is 0 Å². The zero-order valence-corrected chi connectivity index (χ0v) is 14.5. The largest absolute Gasteiger partial charge is 0.378 e. The van der Waals surface area contributed by atoms with Gasteiger partial charge in [-0.15, -0.1) is 0 Å². The monoisotopic (exact) mass is 320 g/mol. The van der Waals surface area contributed by atoms with Gasteiger partial charge in [-0.05, 0) is 44.2 Å². The molecule has 0 amide bonds. The topological polar surface area (TPSA) is 34.1 Å². The number of ether oxygens (including phenoxy) is 1. The molecule has 2 aliphatic carbocycles. The number of rotatable bonds is 6. The molecule has 0 aliphatic heterocycles. The zero-order chi connectivity index (χ0) is 16.4. The van der Waals surface area contributed by atoms with Crippen LogP contribution in [0, 0.1) is 17.2 Å². The van der Waals surface area contributed by atoms with E-state index in [0.29, 0.717) is 23.5 Å². The van der Waals surface area contributed by atoms with Crippen LogP contribution in [0.1, 0.15) is 64.6 Å². The van der Waals surface area contributed by atoms with E-state index in [-0.39, 0.29) is 11.9 Å². The molecule has 23 heavy (non-hydrogen) atoms. The summed E-state index contributed by atoms with van der Waals surface area (Å²) < 4.78 is 19.2. The first-order chi connectivity index (χ1) is 11.1. The van der Waals surface area contributed by atoms with Crippen LogP contribution in [0.3, 0.4) is 0 Å². The van der Waals surface area contributed by atoms with Crippen molar-refractivity contribution in [2.24, 2.45) is 11.3 Å². The SMILES string of the molecule is CCOC1CC(NC(c2ccc(F)cn2)C(C)C)C12CCCC2. The molecule has 4 heteroatoms. The number of aromatic nitrogens is 1. The van der Waals surface area contributed by atoms with E-state index in [1.54, 1.807) is 0 Å². The minimum Gasteiger partial charge on any atom is -0.378 e. The lowest BCUT2D eigenvalue weighted by Crippen LogP contribution is -2.63. The molecule has 1 heterocycles. The molecule has 3 atom stereocenters. The normalized spacial score (nSPS) is 27.3. The second-order valence-corrected chi connectivity index (χ2v) is 7.46. The highest BCUT2D eigenvalue weighted by atomic mass is 19.1. The molecule has 0 aromatic carbocycles. The lowest BCUT2D eigenvalue weighted by atomic mass is 9.60. The maximum atomic E-state index is 13.2. The standard InChI is InChI=1S/C19H29FN2O/c1-4-23-17-11-16(19(17)9-5-6-10-19)22-18(13(2)3)15-8-7-14(20)12-21-15/h7-8,12-13,16-18,22H,4-6,9-11H2,1-3H3. The van der Waals surface area contributed by atoms with Crippen molar-refractivity contribution in [1.29, 1.82) is 0 Å². The van der Waals surface area contributed by atoms with Gasteiger partial charge in [0.25, 0.3) is 0 Å². The third-order valence-corrected chi connectivity index (χ3v) is 5.80. The van der Waals surface area contributed by atoms with Crippen LogP contribution in [0.5, 0.6) is 0 Å². The fraction of sp³-hybridized carbons (Fsp3) is 0.737. The van der Waals surface area contributed by atoms with Gasteiger partial charge < -0.3 is 10.1 Å². The molecule has 1 aromatic rings. The Morgan fingerprint density at radius 1 is 1.35 bits per heavy atom. The summed E-state index contributed by atoms with van der Waals surface area (Å²) in [6.45, 7) is 7.28. The summed E-state index contributed by atoms with van der Waals surface area (Å²) in [6.07, 6.45) is 7.95. The summed E-state index contributed by atoms with van der Waals surface area (Å²) in [5, 5.41) is 3.84. The molecule has 0 bridgehead atoms. The Kier molecular flexibility index (Phi) is 5.02. The molecular formula is C19H29FN2O. The predicted molar refractivity (Wildman–Crippen MR) is 89.6 cm³/mol. The third-order valence-electron chi connectivity index (χ3n) is 5.80. The van der Waals surface area contributed by atoms with Crippen LogP contribution in [0.4, 0.5) is 4.39 Å². The van der Waals surface area contributed by atoms with E-state index in [1.807, 2.05) is 6.07 Å². The van der Waals surface area contributed by atoms with Crippen molar-refractivity contribution >= 4 is 0 Å². The molecule has 128 valence electrons. The van der Waals surface area contributed by atoms with Crippen molar-refractivity contribution in [1.82, 2.24) is 10.3 Å². The van der Waals surface area contributed by atoms with Gasteiger partial charge in [0, 0.05) is 18.1 Å². The van der Waals surface area contributed by atoms with Crippen LogP contribution in [-0.4, -0.2) is 23.7 Å². The number of hydrogen-bond donors (Lipinski definition) is 1. The fourth-order valence-corrected chi connectivity index (χ4v) is 4.53. The highest BCUT2D eigenvalue weighted by molar-refractivity contribution is 5.15. The number of halogens is 1. The van der Waals surface area contributed by atoms with Crippen molar-refractivity contribution in [3.63, 3.8) is 0 Å². The van der Waals surface area contributed by atoms with Gasteiger partial charge in [0.1, 0.15) is 5.82 Å². The van der Waals surface area contributed by atoms with Crippen molar-refractivity contribution in [2.75, 3.05) is 6.61 Å². The van der Waals surface area contributed by atoms with E-state index in [4.69, 9.17) is 4.74 Å². The first kappa shape index (κ1) is 16.8. The first-order valence-corrected chi connectivity index (χ1v) is 9.06. The minimum atomic E-state index is -0.274. The molecule has 1 aromatic heterocycles. The average Bonchev–Trinajstić information content (AvgIpc) is 3.04. The van der Waals surface area contributed by atoms with Crippen molar-refractivity contribution in [2.45, 2.75) is 71.1 Å². The number of pyridine rings is 1. The van der Waals surface area contributed by atoms with E-state index < -0.39 is 0 Å². The maximum Gasteiger partial charge on any atom is 0.141 e. The summed E-state index contributed by atoms with van der Waals surface area (Å²) in [5.74, 6) is 0.140. The molecule has 3 rings (SSSR count). The molecule has 2 fully saturated rings. The van der Waals surface area contributed by atoms with Gasteiger partial charge in [0.2, 0.25) is 0 Å². The fourth-order valence-electron chi connectivity index (χ4n) is 4.53. The highest BCUT2D eigenvalue weighted by Gasteiger charge is 2.57. The van der Waals surface area contributed by atoms with Crippen molar-refractivity contribution in [3.8, 4) is 0 Å². The van der Waals surface area contributed by atoms with Gasteiger partial charge in [-0.1, -0.05) is 26.7 Å². The van der Waals surface area contributed by atoms with Crippen LogP contribution in [0.2, 0.25) is 0 Å². The minimum absolute atomic E-state index is 0.167. The van der Waals surface area contributed by atoms with Gasteiger partial charge in [0.15, 0.2) is 0 Å². The van der Waals surface area contributed by atoms with Crippen LogP contribution in [0.15, 0.2) is 18.3 Å². The third kappa shape index (κ3) is 3.16. The second kappa shape index (κ2) is 6.86. The Labute approximate surface area is 139 Å². The molecule has 2 aliphatic rings. The molecule has 0 radical (unpaired) electrons. The Morgan fingerprint density at radius 2 is 2.09 bits per heavy atom. The molecular weight excluding hydrogens is 291 g/mol. The van der Waals surface area contributed by atoms with E-state index >= 15 is 0 Å². The first-order valence-electron chi connectivity index (χ1n) is 9.06. The summed E-state index contributed by atoms with van der Waals surface area (Å²) >= 11 is 0. The molecule has 1 N–H and O–H groups in total. The van der Waals surface area contributed by atoms with E-state index in [2.05, 4.69) is 31.1 Å². The highest BCUT2D eigenvalue weighted by Crippen LogP contribution is 2.55. The molecule has 0 saturated heterocycles. The van der Waals surface area contributed by atoms with Crippen LogP contribution in [0.25, 0.3) is 0 Å². The summed E-state index contributed by atoms with van der Waals surface area (Å²) in [7, 11) is 0. The molecule has 3 unspecified atom stereocenters. The Balaban J connectivity index is 1.74. The van der Waals surface area contributed by atoms with Crippen LogP contribution < -0.4 is 5.32 Å². The quantitative estimate of drug-likeness (QED) is 0.851. The van der Waals surface area contributed by atoms with Crippen LogP contribution in [-0.2, 0) is 4.74 Å². The molecule has 2 saturated carbocycles. The van der Waals surface area contributed by atoms with Gasteiger partial charge in [-0.3, -0.25) is 4.98 Å². The zero-order valence-electron chi connectivity index (χ0n) is 14.5. The van der Waals surface area contributed by atoms with E-state index in [1.165, 1.54) is 37.9 Å². The number of nitrogens with one attached hydrogen (secondary N) is 1. The lowest BCUT2D eigenvalue weighted by Gasteiger charge is -2.55. The van der Waals surface area contributed by atoms with Gasteiger partial charge >= 0.3 is 0 Å².